The third-order valence-electron chi connectivity index (χ3n) is 2.47. The van der Waals surface area contributed by atoms with Crippen molar-refractivity contribution in [3.05, 3.63) is 24.0 Å². The fraction of sp³-hybridized carbons (Fsp3) is 0.500. The van der Waals surface area contributed by atoms with Gasteiger partial charge in [0.1, 0.15) is 5.75 Å². The molecule has 16 heavy (non-hydrogen) atoms. The van der Waals surface area contributed by atoms with Crippen LogP contribution in [0.25, 0.3) is 0 Å². The van der Waals surface area contributed by atoms with Crippen LogP contribution in [-0.2, 0) is 0 Å². The molecule has 0 aromatic carbocycles. The molecule has 1 saturated carbocycles. The van der Waals surface area contributed by atoms with E-state index in [0.717, 1.165) is 0 Å². The molecule has 0 unspecified atom stereocenters. The van der Waals surface area contributed by atoms with E-state index in [1.807, 2.05) is 6.92 Å². The number of hydrogen-bond acceptors (Lipinski definition) is 4. The van der Waals surface area contributed by atoms with Gasteiger partial charge in [0.25, 0.3) is 0 Å². The molecular formula is C12H16N2O2. The Labute approximate surface area is 95.0 Å². The van der Waals surface area contributed by atoms with Crippen molar-refractivity contribution in [1.29, 1.82) is 0 Å². The summed E-state index contributed by atoms with van der Waals surface area (Å²) in [5, 5.41) is 3.19. The number of nitrogens with zero attached hydrogens (tertiary/aromatic N) is 1. The van der Waals surface area contributed by atoms with Gasteiger partial charge >= 0.3 is 0 Å². The number of aromatic nitrogens is 1. The Morgan fingerprint density at radius 2 is 2.38 bits per heavy atom. The highest BCUT2D eigenvalue weighted by molar-refractivity contribution is 5.97. The minimum absolute atomic E-state index is 0.0703. The molecule has 1 fully saturated rings. The smallest absolute Gasteiger partial charge is 0.178 e. The van der Waals surface area contributed by atoms with Crippen LogP contribution in [0.15, 0.2) is 18.5 Å². The molecule has 4 heteroatoms. The van der Waals surface area contributed by atoms with Crippen molar-refractivity contribution in [3.8, 4) is 5.75 Å². The molecule has 0 atom stereocenters. The van der Waals surface area contributed by atoms with E-state index >= 15 is 0 Å². The Morgan fingerprint density at radius 1 is 1.56 bits per heavy atom. The molecule has 1 aliphatic carbocycles. The average molecular weight is 220 g/mol. The van der Waals surface area contributed by atoms with E-state index in [1.165, 1.54) is 12.8 Å². The molecule has 1 aliphatic rings. The summed E-state index contributed by atoms with van der Waals surface area (Å²) in [6.07, 6.45) is 5.57. The number of Topliss-reactive ketones (excluding diaryl/α,β-unsaturated/α-hetero) is 1. The monoisotopic (exact) mass is 220 g/mol. The van der Waals surface area contributed by atoms with Crippen molar-refractivity contribution in [3.63, 3.8) is 0 Å². The number of nitrogens with one attached hydrogen (secondary N) is 1. The van der Waals surface area contributed by atoms with Crippen molar-refractivity contribution < 1.29 is 9.53 Å². The standard InChI is InChI=1S/C12H16N2O2/c1-2-16-11-5-9(6-13-7-11)12(15)8-14-10-3-4-10/h5-7,10,14H,2-4,8H2,1H3. The van der Waals surface area contributed by atoms with Gasteiger partial charge < -0.3 is 10.1 Å². The molecule has 0 amide bonds. The number of ketones is 1. The summed E-state index contributed by atoms with van der Waals surface area (Å²) in [5.41, 5.74) is 0.610. The van der Waals surface area contributed by atoms with E-state index in [9.17, 15) is 4.79 Å². The maximum Gasteiger partial charge on any atom is 0.178 e. The summed E-state index contributed by atoms with van der Waals surface area (Å²) >= 11 is 0. The zero-order valence-corrected chi connectivity index (χ0v) is 9.40. The molecular weight excluding hydrogens is 204 g/mol. The topological polar surface area (TPSA) is 51.2 Å². The van der Waals surface area contributed by atoms with Gasteiger partial charge in [0.05, 0.1) is 19.3 Å². The highest BCUT2D eigenvalue weighted by Gasteiger charge is 2.21. The summed E-state index contributed by atoms with van der Waals surface area (Å²) in [4.78, 5) is 15.8. The van der Waals surface area contributed by atoms with Crippen LogP contribution in [0.1, 0.15) is 30.1 Å². The quantitative estimate of drug-likeness (QED) is 0.736. The second-order valence-corrected chi connectivity index (χ2v) is 3.92. The highest BCUT2D eigenvalue weighted by atomic mass is 16.5. The van der Waals surface area contributed by atoms with Crippen molar-refractivity contribution >= 4 is 5.78 Å². The first kappa shape index (κ1) is 11.1. The Morgan fingerprint density at radius 3 is 3.06 bits per heavy atom. The second kappa shape index (κ2) is 5.07. The van der Waals surface area contributed by atoms with Crippen molar-refractivity contribution in [2.45, 2.75) is 25.8 Å². The zero-order valence-electron chi connectivity index (χ0n) is 9.40. The summed E-state index contributed by atoms with van der Waals surface area (Å²) in [7, 11) is 0. The minimum Gasteiger partial charge on any atom is -0.492 e. The summed E-state index contributed by atoms with van der Waals surface area (Å²) in [5.74, 6) is 0.723. The first-order valence-electron chi connectivity index (χ1n) is 5.64. The van der Waals surface area contributed by atoms with Gasteiger partial charge in [-0.3, -0.25) is 9.78 Å². The molecule has 0 radical (unpaired) electrons. The minimum atomic E-state index is 0.0703. The third kappa shape index (κ3) is 3.03. The molecule has 0 saturated heterocycles. The average Bonchev–Trinajstić information content (AvgIpc) is 3.10. The van der Waals surface area contributed by atoms with Crippen molar-refractivity contribution in [2.24, 2.45) is 0 Å². The van der Waals surface area contributed by atoms with E-state index in [1.54, 1.807) is 18.5 Å². The van der Waals surface area contributed by atoms with E-state index in [0.29, 0.717) is 30.5 Å². The molecule has 0 bridgehead atoms. The molecule has 86 valence electrons. The summed E-state index contributed by atoms with van der Waals surface area (Å²) in [6.45, 7) is 2.88. The van der Waals surface area contributed by atoms with Crippen molar-refractivity contribution in [1.82, 2.24) is 10.3 Å². The SMILES string of the molecule is CCOc1cncc(C(=O)CNC2CC2)c1. The number of hydrogen-bond donors (Lipinski definition) is 1. The fourth-order valence-electron chi connectivity index (χ4n) is 1.44. The van der Waals surface area contributed by atoms with Gasteiger partial charge in [0.15, 0.2) is 5.78 Å². The number of carbonyl (C=O) groups excluding carboxylic acids is 1. The van der Waals surface area contributed by atoms with Gasteiger partial charge in [-0.25, -0.2) is 0 Å². The molecule has 1 aromatic heterocycles. The highest BCUT2D eigenvalue weighted by Crippen LogP contribution is 2.18. The molecule has 1 heterocycles. The van der Waals surface area contributed by atoms with Crippen LogP contribution < -0.4 is 10.1 Å². The van der Waals surface area contributed by atoms with Gasteiger partial charge in [-0.15, -0.1) is 0 Å². The summed E-state index contributed by atoms with van der Waals surface area (Å²) in [6, 6.07) is 2.29. The van der Waals surface area contributed by atoms with Crippen LogP contribution in [-0.4, -0.2) is 30.0 Å². The van der Waals surface area contributed by atoms with Gasteiger partial charge in [-0.2, -0.15) is 0 Å². The number of pyridine rings is 1. The fourth-order valence-corrected chi connectivity index (χ4v) is 1.44. The molecule has 2 rings (SSSR count). The van der Waals surface area contributed by atoms with Gasteiger partial charge in [-0.05, 0) is 25.8 Å². The lowest BCUT2D eigenvalue weighted by molar-refractivity contribution is 0.0989. The third-order valence-corrected chi connectivity index (χ3v) is 2.47. The van der Waals surface area contributed by atoms with E-state index in [2.05, 4.69) is 10.3 Å². The van der Waals surface area contributed by atoms with E-state index < -0.39 is 0 Å². The first-order chi connectivity index (χ1) is 7.79. The Balaban J connectivity index is 1.94. The lowest BCUT2D eigenvalue weighted by Crippen LogP contribution is -2.24. The van der Waals surface area contributed by atoms with Crippen LogP contribution in [0, 0.1) is 0 Å². The van der Waals surface area contributed by atoms with Crippen LogP contribution in [0.4, 0.5) is 0 Å². The molecule has 4 nitrogen and oxygen atoms in total. The zero-order chi connectivity index (χ0) is 11.4. The summed E-state index contributed by atoms with van der Waals surface area (Å²) < 4.78 is 5.30. The lowest BCUT2D eigenvalue weighted by atomic mass is 10.2. The normalized spacial score (nSPS) is 14.8. The lowest BCUT2D eigenvalue weighted by Gasteiger charge is -2.05. The largest absolute Gasteiger partial charge is 0.492 e. The maximum atomic E-state index is 11.8. The maximum absolute atomic E-state index is 11.8. The second-order valence-electron chi connectivity index (χ2n) is 3.92. The molecule has 1 aromatic rings. The van der Waals surface area contributed by atoms with Crippen LogP contribution in [0.2, 0.25) is 0 Å². The number of rotatable bonds is 6. The van der Waals surface area contributed by atoms with Gasteiger partial charge in [0, 0.05) is 17.8 Å². The Bertz CT molecular complexity index is 375. The van der Waals surface area contributed by atoms with Crippen molar-refractivity contribution in [2.75, 3.05) is 13.2 Å². The van der Waals surface area contributed by atoms with E-state index in [-0.39, 0.29) is 5.78 Å². The van der Waals surface area contributed by atoms with Gasteiger partial charge in [0.2, 0.25) is 0 Å². The Hall–Kier alpha value is -1.42. The van der Waals surface area contributed by atoms with E-state index in [4.69, 9.17) is 4.74 Å². The van der Waals surface area contributed by atoms with Crippen LogP contribution in [0.3, 0.4) is 0 Å². The molecule has 0 aliphatic heterocycles. The van der Waals surface area contributed by atoms with Gasteiger partial charge in [-0.1, -0.05) is 0 Å². The molecule has 1 N–H and O–H groups in total. The molecule has 0 spiro atoms. The number of ether oxygens (including phenoxy) is 1. The number of carbonyl (C=O) groups is 1. The first-order valence-corrected chi connectivity index (χ1v) is 5.64. The van der Waals surface area contributed by atoms with Crippen LogP contribution >= 0.6 is 0 Å². The predicted octanol–water partition coefficient (Wildman–Crippen LogP) is 1.42. The Kier molecular flexibility index (Phi) is 3.51. The predicted molar refractivity (Wildman–Crippen MR) is 60.8 cm³/mol. The van der Waals surface area contributed by atoms with Crippen LogP contribution in [0.5, 0.6) is 5.75 Å².